The van der Waals surface area contributed by atoms with Crippen LogP contribution in [-0.4, -0.2) is 84.8 Å². The number of hydrogen-bond acceptors (Lipinski definition) is 18. The van der Waals surface area contributed by atoms with Crippen molar-refractivity contribution < 1.29 is 112 Å². The van der Waals surface area contributed by atoms with Crippen molar-refractivity contribution >= 4 is 18.6 Å². The Morgan fingerprint density at radius 2 is 0.539 bits per heavy atom. The molecule has 12 aromatic rings. The van der Waals surface area contributed by atoms with Crippen molar-refractivity contribution in [2.45, 2.75) is 58.7 Å². The van der Waals surface area contributed by atoms with E-state index in [1.165, 1.54) is 0 Å². The monoisotopic (exact) mass is 1520 g/mol. The third-order valence-corrected chi connectivity index (χ3v) is 14.8. The molecule has 3 aromatic carbocycles. The summed E-state index contributed by atoms with van der Waals surface area (Å²) in [4.78, 5) is 53.4. The van der Waals surface area contributed by atoms with Gasteiger partial charge in [0.05, 0.1) is 109 Å². The van der Waals surface area contributed by atoms with Crippen LogP contribution in [0.4, 0.5) is 0 Å². The van der Waals surface area contributed by atoms with Gasteiger partial charge in [-0.15, -0.1) is 0 Å². The second-order valence-electron chi connectivity index (χ2n) is 21.6. The zero-order valence-electron chi connectivity index (χ0n) is 56.4. The predicted octanol–water partition coefficient (Wildman–Crippen LogP) is 3.93. The molecule has 0 spiro atoms. The molecule has 102 heavy (non-hydrogen) atoms. The summed E-state index contributed by atoms with van der Waals surface area (Å²) < 4.78 is 33.1. The van der Waals surface area contributed by atoms with Crippen LogP contribution in [0, 0.1) is 0 Å². The van der Waals surface area contributed by atoms with Crippen LogP contribution in [-0.2, 0) is 54.0 Å². The summed E-state index contributed by atoms with van der Waals surface area (Å²) in [5.41, 5.74) is 13.7. The molecule has 18 nitrogen and oxygen atoms in total. The van der Waals surface area contributed by atoms with Crippen LogP contribution < -0.4 is 78.0 Å². The number of hydrogen-bond donors (Lipinski definition) is 0. The van der Waals surface area contributed by atoms with Gasteiger partial charge in [-0.3, -0.25) is 59.8 Å². The fraction of sp³-hybridized carbons (Fsp3) is 0.154. The number of ether oxygens (including phenoxy) is 6. The van der Waals surface area contributed by atoms with E-state index in [0.717, 1.165) is 102 Å². The first-order chi connectivity index (χ1) is 47.1. The second kappa shape index (κ2) is 45.0. The van der Waals surface area contributed by atoms with Gasteiger partial charge in [-0.25, -0.2) is 0 Å². The Morgan fingerprint density at radius 1 is 0.284 bits per heavy atom. The van der Waals surface area contributed by atoms with Crippen LogP contribution >= 0.6 is 0 Å². The van der Waals surface area contributed by atoms with Crippen LogP contribution in [0.15, 0.2) is 271 Å². The number of halogens is 4. The first kappa shape index (κ1) is 84.4. The summed E-state index contributed by atoms with van der Waals surface area (Å²) in [5.74, 6) is 4.59. The molecule has 0 radical (unpaired) electrons. The number of rotatable bonds is 24. The summed E-state index contributed by atoms with van der Waals surface area (Å²) in [6.45, 7) is 7.38. The molecule has 9 heterocycles. The molecule has 9 aromatic heterocycles. The van der Waals surface area contributed by atoms with Crippen molar-refractivity contribution in [1.29, 1.82) is 0 Å². The van der Waals surface area contributed by atoms with Crippen LogP contribution in [0.2, 0.25) is 0 Å². The smallest absolute Gasteiger partial charge is 1.00 e. The van der Waals surface area contributed by atoms with E-state index in [2.05, 4.69) is 59.8 Å². The maximum atomic E-state index is 5.83. The number of aromatic nitrogens is 9. The number of pyridine rings is 9. The Morgan fingerprint density at radius 3 is 0.745 bits per heavy atom. The van der Waals surface area contributed by atoms with Crippen molar-refractivity contribution in [3.05, 3.63) is 306 Å². The van der Waals surface area contributed by atoms with Gasteiger partial charge in [0.1, 0.15) is 54.3 Å². The maximum Gasteiger partial charge on any atom is 2.00 e. The largest absolute Gasteiger partial charge is 2.00 e. The minimum atomic E-state index is 0. The normalized spacial score (nSPS) is 11.2. The van der Waals surface area contributed by atoms with E-state index in [9.17, 15) is 0 Å². The van der Waals surface area contributed by atoms with Gasteiger partial charge in [-0.2, -0.15) is 0 Å². The first-order valence-corrected chi connectivity index (χ1v) is 31.0. The topological polar surface area (TPSA) is 208 Å². The Hall–Kier alpha value is -9.98. The second-order valence-corrected chi connectivity index (χ2v) is 21.6. The molecule has 12 rings (SSSR count). The molecule has 0 bridgehead atoms. The molecular formula is C78H72Cl4Fe2N12O6. The molecule has 3 atom stereocenters. The first-order valence-electron chi connectivity index (χ1n) is 31.0. The third kappa shape index (κ3) is 26.5. The van der Waals surface area contributed by atoms with Gasteiger partial charge in [0, 0.05) is 72.5 Å². The molecule has 0 aliphatic heterocycles. The van der Waals surface area contributed by atoms with Crippen LogP contribution in [0.1, 0.15) is 89.4 Å². The minimum Gasteiger partial charge on any atom is -1.00 e. The van der Waals surface area contributed by atoms with Crippen LogP contribution in [0.25, 0.3) is 34.2 Å². The van der Waals surface area contributed by atoms with E-state index in [1.807, 2.05) is 221 Å². The Kier molecular flexibility index (Phi) is 37.3. The average Bonchev–Trinajstić information content (AvgIpc) is 0.885. The molecule has 0 aliphatic rings. The molecule has 0 fully saturated rings. The summed E-state index contributed by atoms with van der Waals surface area (Å²) in [6, 6.07) is 64.3. The summed E-state index contributed by atoms with van der Waals surface area (Å²) in [5, 5.41) is 0. The average molecular weight is 1530 g/mol. The SMILES string of the molecule is COc1ccc([C@H](C)N=Cc2ccc(OCc3ccc(-c4ccccn4)nc3)cn2)cc1.COc1ccc([C@H](C)N=Cc2ccc(OCc3ccc(-c4ccccn4)nc3)cn2)cc1.COc1ccc([C@H](C)N=Cc2ccc(OCc3ccc(-c4ccccn4)nc3)cn2)cc1.[Cl-].[Cl-].[Cl-].[Cl-].[Fe+2].[Fe+2]. The van der Waals surface area contributed by atoms with Crippen LogP contribution in [0.3, 0.4) is 0 Å². The van der Waals surface area contributed by atoms with Crippen molar-refractivity contribution in [1.82, 2.24) is 44.9 Å². The Labute approximate surface area is 641 Å². The number of nitrogens with zero attached hydrogens (tertiary/aromatic N) is 12. The summed E-state index contributed by atoms with van der Waals surface area (Å²) in [7, 11) is 4.98. The Balaban J connectivity index is 0.000000315. The van der Waals surface area contributed by atoms with Gasteiger partial charge < -0.3 is 78.0 Å². The van der Waals surface area contributed by atoms with Crippen LogP contribution in [0.5, 0.6) is 34.5 Å². The predicted molar refractivity (Wildman–Crippen MR) is 375 cm³/mol. The van der Waals surface area contributed by atoms with Crippen molar-refractivity contribution in [3.63, 3.8) is 0 Å². The molecular weight excluding hydrogens is 1450 g/mol. The zero-order chi connectivity index (χ0) is 66.5. The van der Waals surface area contributed by atoms with E-state index in [0.29, 0.717) is 37.1 Å². The summed E-state index contributed by atoms with van der Waals surface area (Å²) in [6.07, 6.45) is 21.1. The molecule has 524 valence electrons. The van der Waals surface area contributed by atoms with E-state index < -0.39 is 0 Å². The number of benzene rings is 3. The van der Waals surface area contributed by atoms with Gasteiger partial charge >= 0.3 is 34.1 Å². The molecule has 0 amide bonds. The fourth-order valence-corrected chi connectivity index (χ4v) is 9.16. The third-order valence-electron chi connectivity index (χ3n) is 14.8. The van der Waals surface area contributed by atoms with E-state index in [4.69, 9.17) is 28.4 Å². The molecule has 24 heteroatoms. The molecule has 0 saturated heterocycles. The summed E-state index contributed by atoms with van der Waals surface area (Å²) >= 11 is 0. The van der Waals surface area contributed by atoms with E-state index in [-0.39, 0.29) is 102 Å². The molecule has 0 saturated carbocycles. The van der Waals surface area contributed by atoms with Crippen molar-refractivity contribution in [2.75, 3.05) is 21.3 Å². The van der Waals surface area contributed by atoms with Gasteiger partial charge in [-0.1, -0.05) is 72.8 Å². The number of aliphatic imine (C=N–C) groups is 3. The zero-order valence-corrected chi connectivity index (χ0v) is 61.6. The van der Waals surface area contributed by atoms with E-state index >= 15 is 0 Å². The fourth-order valence-electron chi connectivity index (χ4n) is 9.16. The molecule has 0 unspecified atom stereocenters. The number of methoxy groups -OCH3 is 3. The molecule has 0 aliphatic carbocycles. The quantitative estimate of drug-likeness (QED) is 0.0621. The van der Waals surface area contributed by atoms with Gasteiger partial charge in [0.15, 0.2) is 0 Å². The van der Waals surface area contributed by atoms with Gasteiger partial charge in [0.25, 0.3) is 0 Å². The van der Waals surface area contributed by atoms with Crippen molar-refractivity contribution in [2.24, 2.45) is 15.0 Å². The Bertz CT molecular complexity index is 3920. The van der Waals surface area contributed by atoms with E-state index in [1.54, 1.807) is 95.7 Å². The minimum absolute atomic E-state index is 0. The van der Waals surface area contributed by atoms with Gasteiger partial charge in [0.2, 0.25) is 0 Å². The van der Waals surface area contributed by atoms with Crippen molar-refractivity contribution in [3.8, 4) is 68.7 Å². The maximum absolute atomic E-state index is 5.83. The molecule has 0 N–H and O–H groups in total. The van der Waals surface area contributed by atoms with Gasteiger partial charge in [-0.05, 0) is 165 Å². The standard InChI is InChI=1S/3C26H24N4O2.4ClH.2Fe/c3*1-19(21-7-10-23(31-2)11-8-21)28-16-22-9-12-24(17-29-22)32-18-20-6-13-26(30-15-20)25-5-3-4-14-27-25;;;;;;/h3*3-17,19H,18H2,1-2H3;4*1H;;/q;;;;;;;2*+2/p-4/t3*19-;;;;;;/m000....../s1.